The third-order valence-corrected chi connectivity index (χ3v) is 1.96. The fourth-order valence-electron chi connectivity index (χ4n) is 0.403. The second kappa shape index (κ2) is 4.09. The molecule has 0 aromatic carbocycles. The van der Waals surface area contributed by atoms with Gasteiger partial charge in [-0.05, 0) is 0 Å². The Morgan fingerprint density at radius 1 is 1.64 bits per heavy atom. The van der Waals surface area contributed by atoms with Crippen LogP contribution >= 0.6 is 0 Å². The number of carbonyl (C=O) groups excluding carboxylic acids is 1. The highest BCUT2D eigenvalue weighted by Gasteiger charge is 2.10. The Kier molecular flexibility index (Phi) is 3.77. The summed E-state index contributed by atoms with van der Waals surface area (Å²) < 4.78 is 23.0. The van der Waals surface area contributed by atoms with E-state index in [0.29, 0.717) is 0 Å². The second-order valence-electron chi connectivity index (χ2n) is 1.75. The molecule has 0 atom stereocenters. The molecule has 0 unspecified atom stereocenters. The Labute approximate surface area is 64.8 Å². The number of hydrogen-bond donors (Lipinski definition) is 2. The molecule has 0 aliphatic rings. The van der Waals surface area contributed by atoms with Crippen molar-refractivity contribution >= 4 is 15.9 Å². The number of nitrogens with one attached hydrogen (secondary N) is 1. The molecule has 0 radical (unpaired) electrons. The fourth-order valence-corrected chi connectivity index (χ4v) is 1.21. The van der Waals surface area contributed by atoms with Gasteiger partial charge in [-0.3, -0.25) is 9.52 Å². The minimum atomic E-state index is -3.62. The summed E-state index contributed by atoms with van der Waals surface area (Å²) in [5.41, 5.74) is 0. The minimum absolute atomic E-state index is 0.335. The van der Waals surface area contributed by atoms with E-state index < -0.39 is 22.5 Å². The van der Waals surface area contributed by atoms with Crippen molar-refractivity contribution in [3.05, 3.63) is 12.7 Å². The van der Waals surface area contributed by atoms with Crippen LogP contribution in [0, 0.1) is 0 Å². The van der Waals surface area contributed by atoms with Crippen LogP contribution in [0.2, 0.25) is 0 Å². The SMILES string of the molecule is C=CCS(=O)(=O)NC(=O)CO. The van der Waals surface area contributed by atoms with E-state index in [1.54, 1.807) is 4.72 Å². The number of amides is 1. The van der Waals surface area contributed by atoms with Gasteiger partial charge in [-0.15, -0.1) is 6.58 Å². The van der Waals surface area contributed by atoms with Crippen LogP contribution in [0.1, 0.15) is 0 Å². The van der Waals surface area contributed by atoms with Crippen molar-refractivity contribution in [3.63, 3.8) is 0 Å². The van der Waals surface area contributed by atoms with Gasteiger partial charge in [0.2, 0.25) is 10.0 Å². The Bertz CT molecular complexity index is 243. The summed E-state index contributed by atoms with van der Waals surface area (Å²) in [6.07, 6.45) is 1.15. The number of hydrogen-bond acceptors (Lipinski definition) is 4. The third kappa shape index (κ3) is 4.51. The Balaban J connectivity index is 4.13. The largest absolute Gasteiger partial charge is 0.387 e. The molecule has 0 aliphatic heterocycles. The predicted molar refractivity (Wildman–Crippen MR) is 39.2 cm³/mol. The van der Waals surface area contributed by atoms with Crippen molar-refractivity contribution in [2.75, 3.05) is 12.4 Å². The highest BCUT2D eigenvalue weighted by atomic mass is 32.2. The van der Waals surface area contributed by atoms with Crippen molar-refractivity contribution in [1.82, 2.24) is 4.72 Å². The molecule has 5 nitrogen and oxygen atoms in total. The first-order valence-electron chi connectivity index (χ1n) is 2.77. The van der Waals surface area contributed by atoms with E-state index in [1.807, 2.05) is 0 Å². The van der Waals surface area contributed by atoms with Crippen LogP contribution in [-0.2, 0) is 14.8 Å². The number of carbonyl (C=O) groups is 1. The zero-order valence-corrected chi connectivity index (χ0v) is 6.60. The van der Waals surface area contributed by atoms with Gasteiger partial charge in [0.15, 0.2) is 0 Å². The van der Waals surface area contributed by atoms with Crippen molar-refractivity contribution in [2.24, 2.45) is 0 Å². The van der Waals surface area contributed by atoms with Gasteiger partial charge < -0.3 is 5.11 Å². The molecule has 0 aromatic rings. The van der Waals surface area contributed by atoms with Gasteiger partial charge in [-0.1, -0.05) is 6.08 Å². The molecule has 0 bridgehead atoms. The van der Waals surface area contributed by atoms with Crippen molar-refractivity contribution in [2.45, 2.75) is 0 Å². The Morgan fingerprint density at radius 2 is 2.18 bits per heavy atom. The lowest BCUT2D eigenvalue weighted by Gasteiger charge is -2.00. The highest BCUT2D eigenvalue weighted by molar-refractivity contribution is 7.90. The summed E-state index contributed by atoms with van der Waals surface area (Å²) in [4.78, 5) is 10.3. The molecule has 0 fully saturated rings. The van der Waals surface area contributed by atoms with Crippen molar-refractivity contribution in [1.29, 1.82) is 0 Å². The Morgan fingerprint density at radius 3 is 2.55 bits per heavy atom. The molecule has 0 spiro atoms. The van der Waals surface area contributed by atoms with Crippen molar-refractivity contribution < 1.29 is 18.3 Å². The summed E-state index contributed by atoms with van der Waals surface area (Å²) >= 11 is 0. The van der Waals surface area contributed by atoms with Gasteiger partial charge in [0.25, 0.3) is 5.91 Å². The molecule has 11 heavy (non-hydrogen) atoms. The maximum Gasteiger partial charge on any atom is 0.259 e. The Hall–Kier alpha value is -0.880. The summed E-state index contributed by atoms with van der Waals surface area (Å²) in [5, 5.41) is 8.16. The predicted octanol–water partition coefficient (Wildman–Crippen LogP) is -1.39. The average molecular weight is 179 g/mol. The molecule has 64 valence electrons. The molecule has 6 heteroatoms. The first-order valence-corrected chi connectivity index (χ1v) is 4.42. The van der Waals surface area contributed by atoms with Crippen LogP contribution < -0.4 is 4.72 Å². The lowest BCUT2D eigenvalue weighted by Crippen LogP contribution is -2.33. The smallest absolute Gasteiger partial charge is 0.259 e. The van der Waals surface area contributed by atoms with Crippen LogP contribution in [0.15, 0.2) is 12.7 Å². The molecule has 0 rings (SSSR count). The summed E-state index contributed by atoms with van der Waals surface area (Å²) in [5.74, 6) is -1.27. The average Bonchev–Trinajstić information content (AvgIpc) is 1.86. The topological polar surface area (TPSA) is 83.5 Å². The molecule has 1 amide bonds. The molecular weight excluding hydrogens is 170 g/mol. The van der Waals surface area contributed by atoms with E-state index in [1.165, 1.54) is 0 Å². The minimum Gasteiger partial charge on any atom is -0.387 e. The molecule has 0 saturated heterocycles. The van der Waals surface area contributed by atoms with Crippen LogP contribution in [0.5, 0.6) is 0 Å². The van der Waals surface area contributed by atoms with E-state index in [0.717, 1.165) is 6.08 Å². The summed E-state index contributed by atoms with van der Waals surface area (Å²) in [6.45, 7) is 2.35. The molecule has 2 N–H and O–H groups in total. The zero-order chi connectivity index (χ0) is 8.91. The van der Waals surface area contributed by atoms with Gasteiger partial charge in [-0.2, -0.15) is 0 Å². The molecular formula is C5H9NO4S. The molecule has 0 aromatic heterocycles. The number of aliphatic hydroxyl groups excluding tert-OH is 1. The zero-order valence-electron chi connectivity index (χ0n) is 5.78. The third-order valence-electron chi connectivity index (χ3n) is 0.750. The van der Waals surface area contributed by atoms with E-state index >= 15 is 0 Å². The van der Waals surface area contributed by atoms with Gasteiger partial charge >= 0.3 is 0 Å². The van der Waals surface area contributed by atoms with Crippen LogP contribution in [0.4, 0.5) is 0 Å². The molecule has 0 aliphatic carbocycles. The van der Waals surface area contributed by atoms with Gasteiger partial charge in [0.1, 0.15) is 6.61 Å². The van der Waals surface area contributed by atoms with Crippen LogP contribution in [0.3, 0.4) is 0 Å². The second-order valence-corrected chi connectivity index (χ2v) is 3.52. The maximum atomic E-state index is 10.7. The lowest BCUT2D eigenvalue weighted by molar-refractivity contribution is -0.122. The van der Waals surface area contributed by atoms with E-state index in [2.05, 4.69) is 6.58 Å². The summed E-state index contributed by atoms with van der Waals surface area (Å²) in [7, 11) is -3.62. The standard InChI is InChI=1S/C5H9NO4S/c1-2-3-11(9,10)6-5(8)4-7/h2,7H,1,3-4H2,(H,6,8). The van der Waals surface area contributed by atoms with Gasteiger partial charge in [0.05, 0.1) is 5.75 Å². The van der Waals surface area contributed by atoms with Crippen LogP contribution in [0.25, 0.3) is 0 Å². The van der Waals surface area contributed by atoms with Crippen LogP contribution in [-0.4, -0.2) is 31.8 Å². The molecule has 0 heterocycles. The lowest BCUT2D eigenvalue weighted by atomic mass is 10.7. The van der Waals surface area contributed by atoms with E-state index in [4.69, 9.17) is 5.11 Å². The van der Waals surface area contributed by atoms with E-state index in [9.17, 15) is 13.2 Å². The quantitative estimate of drug-likeness (QED) is 0.520. The molecule has 0 saturated carbocycles. The normalized spacial score (nSPS) is 10.6. The van der Waals surface area contributed by atoms with Crippen molar-refractivity contribution in [3.8, 4) is 0 Å². The fraction of sp³-hybridized carbons (Fsp3) is 0.400. The van der Waals surface area contributed by atoms with E-state index in [-0.39, 0.29) is 5.75 Å². The van der Waals surface area contributed by atoms with Gasteiger partial charge in [0, 0.05) is 0 Å². The first kappa shape index (κ1) is 10.1. The monoisotopic (exact) mass is 179 g/mol. The first-order chi connectivity index (χ1) is 5.02. The summed E-state index contributed by atoms with van der Waals surface area (Å²) in [6, 6.07) is 0. The number of aliphatic hydroxyl groups is 1. The number of rotatable bonds is 4. The highest BCUT2D eigenvalue weighted by Crippen LogP contribution is 1.83. The maximum absolute atomic E-state index is 10.7. The van der Waals surface area contributed by atoms with Gasteiger partial charge in [-0.25, -0.2) is 8.42 Å². The number of sulfonamides is 1.